The number of rotatable bonds is 7. The number of halogens is 1. The van der Waals surface area contributed by atoms with E-state index in [2.05, 4.69) is 5.32 Å². The largest absolute Gasteiger partial charge is 0.497 e. The summed E-state index contributed by atoms with van der Waals surface area (Å²) in [4.78, 5) is 13.0. The van der Waals surface area contributed by atoms with Crippen molar-refractivity contribution < 1.29 is 9.53 Å². The molecule has 0 aromatic heterocycles. The molecule has 0 fully saturated rings. The first-order valence-corrected chi connectivity index (χ1v) is 8.74. The van der Waals surface area contributed by atoms with Crippen LogP contribution in [0.3, 0.4) is 0 Å². The highest BCUT2D eigenvalue weighted by molar-refractivity contribution is 8.00. The second-order valence-electron chi connectivity index (χ2n) is 5.24. The molecule has 0 radical (unpaired) electrons. The minimum absolute atomic E-state index is 0.00492. The zero-order valence-corrected chi connectivity index (χ0v) is 14.8. The minimum atomic E-state index is 0.00492. The molecule has 0 saturated carbocycles. The highest BCUT2D eigenvalue weighted by atomic mass is 35.5. The summed E-state index contributed by atoms with van der Waals surface area (Å²) in [6, 6.07) is 15.5. The third kappa shape index (κ3) is 5.81. The van der Waals surface area contributed by atoms with Gasteiger partial charge in [0.1, 0.15) is 5.75 Å². The van der Waals surface area contributed by atoms with Crippen LogP contribution in [-0.2, 0) is 11.2 Å². The van der Waals surface area contributed by atoms with Gasteiger partial charge >= 0.3 is 0 Å². The number of hydrogen-bond donors (Lipinski definition) is 1. The highest BCUT2D eigenvalue weighted by Gasteiger charge is 2.10. The number of methoxy groups -OCH3 is 1. The lowest BCUT2D eigenvalue weighted by molar-refractivity contribution is -0.119. The molecular formula is C18H20ClNO2S. The Balaban J connectivity index is 1.81. The second kappa shape index (κ2) is 8.85. The van der Waals surface area contributed by atoms with Gasteiger partial charge in [-0.25, -0.2) is 0 Å². The summed E-state index contributed by atoms with van der Waals surface area (Å²) in [5.74, 6) is 1.19. The number of amides is 1. The molecule has 0 aliphatic rings. The van der Waals surface area contributed by atoms with Crippen LogP contribution in [-0.4, -0.2) is 24.8 Å². The molecule has 23 heavy (non-hydrogen) atoms. The molecule has 1 unspecified atom stereocenters. The van der Waals surface area contributed by atoms with Crippen LogP contribution in [0.4, 0.5) is 0 Å². The molecular weight excluding hydrogens is 330 g/mol. The van der Waals surface area contributed by atoms with E-state index >= 15 is 0 Å². The molecule has 0 saturated heterocycles. The predicted molar refractivity (Wildman–Crippen MR) is 96.5 cm³/mol. The molecule has 2 aromatic rings. The molecule has 1 atom stereocenters. The highest BCUT2D eigenvalue weighted by Crippen LogP contribution is 2.26. The third-order valence-corrected chi connectivity index (χ3v) is 4.79. The Morgan fingerprint density at radius 1 is 1.26 bits per heavy atom. The van der Waals surface area contributed by atoms with Crippen LogP contribution >= 0.6 is 23.4 Å². The summed E-state index contributed by atoms with van der Waals surface area (Å²) >= 11 is 7.53. The Bertz CT molecular complexity index is 663. The fourth-order valence-corrected chi connectivity index (χ4v) is 3.28. The van der Waals surface area contributed by atoms with Crippen LogP contribution in [0.5, 0.6) is 5.75 Å². The first kappa shape index (κ1) is 17.7. The lowest BCUT2D eigenvalue weighted by Crippen LogP contribution is -2.35. The van der Waals surface area contributed by atoms with Crippen LogP contribution in [0.25, 0.3) is 0 Å². The second-order valence-corrected chi connectivity index (χ2v) is 6.67. The molecule has 2 rings (SSSR count). The Hall–Kier alpha value is -1.65. The van der Waals surface area contributed by atoms with Crippen molar-refractivity contribution >= 4 is 29.3 Å². The van der Waals surface area contributed by atoms with Crippen molar-refractivity contribution in [1.82, 2.24) is 5.32 Å². The molecule has 0 bridgehead atoms. The normalized spacial score (nSPS) is 11.8. The SMILES string of the molecule is COc1cccc(CC(C)NC(=O)CSc2ccccc2Cl)c1. The van der Waals surface area contributed by atoms with Crippen molar-refractivity contribution in [2.45, 2.75) is 24.3 Å². The van der Waals surface area contributed by atoms with E-state index in [1.165, 1.54) is 11.8 Å². The minimum Gasteiger partial charge on any atom is -0.497 e. The van der Waals surface area contributed by atoms with Gasteiger partial charge in [-0.15, -0.1) is 11.8 Å². The summed E-state index contributed by atoms with van der Waals surface area (Å²) in [5.41, 5.74) is 1.14. The smallest absolute Gasteiger partial charge is 0.230 e. The van der Waals surface area contributed by atoms with Crippen molar-refractivity contribution in [2.24, 2.45) is 0 Å². The summed E-state index contributed by atoms with van der Waals surface area (Å²) < 4.78 is 5.21. The number of benzene rings is 2. The van der Waals surface area contributed by atoms with Crippen LogP contribution < -0.4 is 10.1 Å². The molecule has 0 heterocycles. The average molecular weight is 350 g/mol. The molecule has 0 aliphatic heterocycles. The summed E-state index contributed by atoms with van der Waals surface area (Å²) in [6.45, 7) is 2.00. The Labute approximate surface area is 146 Å². The maximum absolute atomic E-state index is 12.1. The van der Waals surface area contributed by atoms with E-state index in [9.17, 15) is 4.79 Å². The molecule has 122 valence electrons. The van der Waals surface area contributed by atoms with Crippen LogP contribution in [0, 0.1) is 0 Å². The zero-order chi connectivity index (χ0) is 16.7. The van der Waals surface area contributed by atoms with Crippen molar-refractivity contribution in [1.29, 1.82) is 0 Å². The monoisotopic (exact) mass is 349 g/mol. The van der Waals surface area contributed by atoms with Crippen molar-refractivity contribution in [3.8, 4) is 5.75 Å². The van der Waals surface area contributed by atoms with Crippen LogP contribution in [0.15, 0.2) is 53.4 Å². The number of nitrogens with one attached hydrogen (secondary N) is 1. The number of thioether (sulfide) groups is 1. The first-order valence-electron chi connectivity index (χ1n) is 7.38. The molecule has 0 spiro atoms. The number of carbonyl (C=O) groups is 1. The van der Waals surface area contributed by atoms with Gasteiger partial charge in [-0.1, -0.05) is 35.9 Å². The van der Waals surface area contributed by atoms with Gasteiger partial charge in [0.05, 0.1) is 17.9 Å². The Morgan fingerprint density at radius 3 is 2.78 bits per heavy atom. The van der Waals surface area contributed by atoms with Gasteiger partial charge in [-0.05, 0) is 43.2 Å². The molecule has 5 heteroatoms. The van der Waals surface area contributed by atoms with E-state index in [0.717, 1.165) is 22.6 Å². The van der Waals surface area contributed by atoms with E-state index in [1.807, 2.05) is 55.5 Å². The maximum atomic E-state index is 12.1. The first-order chi connectivity index (χ1) is 11.1. The summed E-state index contributed by atoms with van der Waals surface area (Å²) in [7, 11) is 1.65. The quantitative estimate of drug-likeness (QED) is 0.762. The number of ether oxygens (including phenoxy) is 1. The van der Waals surface area contributed by atoms with E-state index in [4.69, 9.17) is 16.3 Å². The lowest BCUT2D eigenvalue weighted by atomic mass is 10.1. The van der Waals surface area contributed by atoms with Crippen molar-refractivity contribution in [3.63, 3.8) is 0 Å². The lowest BCUT2D eigenvalue weighted by Gasteiger charge is -2.14. The van der Waals surface area contributed by atoms with Crippen LogP contribution in [0.1, 0.15) is 12.5 Å². The van der Waals surface area contributed by atoms with Gasteiger partial charge in [0.15, 0.2) is 0 Å². The molecule has 3 nitrogen and oxygen atoms in total. The molecule has 1 N–H and O–H groups in total. The van der Waals surface area contributed by atoms with Gasteiger partial charge in [0, 0.05) is 10.9 Å². The van der Waals surface area contributed by atoms with Crippen molar-refractivity contribution in [3.05, 3.63) is 59.1 Å². The van der Waals surface area contributed by atoms with E-state index < -0.39 is 0 Å². The Morgan fingerprint density at radius 2 is 2.04 bits per heavy atom. The number of carbonyl (C=O) groups excluding carboxylic acids is 1. The van der Waals surface area contributed by atoms with Gasteiger partial charge in [-0.2, -0.15) is 0 Å². The predicted octanol–water partition coefficient (Wildman–Crippen LogP) is 4.19. The van der Waals surface area contributed by atoms with Gasteiger partial charge in [0.2, 0.25) is 5.91 Å². The van der Waals surface area contributed by atoms with Crippen molar-refractivity contribution in [2.75, 3.05) is 12.9 Å². The van der Waals surface area contributed by atoms with Gasteiger partial charge < -0.3 is 10.1 Å². The zero-order valence-electron chi connectivity index (χ0n) is 13.2. The van der Waals surface area contributed by atoms with E-state index in [-0.39, 0.29) is 11.9 Å². The molecule has 1 amide bonds. The topological polar surface area (TPSA) is 38.3 Å². The standard InChI is InChI=1S/C18H20ClNO2S/c1-13(10-14-6-5-7-15(11-14)22-2)20-18(21)12-23-17-9-4-3-8-16(17)19/h3-9,11,13H,10,12H2,1-2H3,(H,20,21). The van der Waals surface area contributed by atoms with Gasteiger partial charge in [-0.3, -0.25) is 4.79 Å². The summed E-state index contributed by atoms with van der Waals surface area (Å²) in [6.07, 6.45) is 0.764. The summed E-state index contributed by atoms with van der Waals surface area (Å²) in [5, 5.41) is 3.69. The average Bonchev–Trinajstić information content (AvgIpc) is 2.54. The molecule has 0 aliphatic carbocycles. The molecule has 2 aromatic carbocycles. The third-order valence-electron chi connectivity index (χ3n) is 3.28. The fourth-order valence-electron chi connectivity index (χ4n) is 2.23. The van der Waals surface area contributed by atoms with Crippen LogP contribution in [0.2, 0.25) is 5.02 Å². The van der Waals surface area contributed by atoms with Gasteiger partial charge in [0.25, 0.3) is 0 Å². The maximum Gasteiger partial charge on any atom is 0.230 e. The fraction of sp³-hybridized carbons (Fsp3) is 0.278. The van der Waals surface area contributed by atoms with E-state index in [1.54, 1.807) is 7.11 Å². The Kier molecular flexibility index (Phi) is 6.81. The number of hydrogen-bond acceptors (Lipinski definition) is 3. The van der Waals surface area contributed by atoms with E-state index in [0.29, 0.717) is 10.8 Å².